The Hall–Kier alpha value is -1.36. The summed E-state index contributed by atoms with van der Waals surface area (Å²) in [4.78, 5) is 12.2. The van der Waals surface area contributed by atoms with Crippen molar-refractivity contribution in [2.24, 2.45) is 0 Å². The summed E-state index contributed by atoms with van der Waals surface area (Å²) in [5, 5.41) is 0. The van der Waals surface area contributed by atoms with Gasteiger partial charge in [-0.25, -0.2) is 0 Å². The van der Waals surface area contributed by atoms with Crippen LogP contribution in [0.1, 0.15) is 17.0 Å². The van der Waals surface area contributed by atoms with Gasteiger partial charge >= 0.3 is 15.2 Å². The Bertz CT molecular complexity index is 439. The first kappa shape index (κ1) is 12.1. The van der Waals surface area contributed by atoms with Crippen LogP contribution in [0, 0.1) is 0 Å². The molecule has 0 heterocycles. The van der Waals surface area contributed by atoms with Gasteiger partial charge in [0.2, 0.25) is 0 Å². The van der Waals surface area contributed by atoms with Gasteiger partial charge in [-0.15, -0.1) is 5.79 Å². The van der Waals surface area contributed by atoms with Gasteiger partial charge in [0.1, 0.15) is 0 Å². The number of hydrogen-bond donors (Lipinski definition) is 0. The van der Waals surface area contributed by atoms with Crippen molar-refractivity contribution >= 4 is 19.9 Å². The van der Waals surface area contributed by atoms with Crippen molar-refractivity contribution in [2.45, 2.75) is 11.7 Å². The number of hydrogen-bond acceptors (Lipinski definition) is 1. The molecule has 1 nitrogen and oxygen atoms in total. The second-order valence-electron chi connectivity index (χ2n) is 4.07. The van der Waals surface area contributed by atoms with Gasteiger partial charge in [0.25, 0.3) is 0 Å². The van der Waals surface area contributed by atoms with Crippen LogP contribution in [0.15, 0.2) is 60.7 Å². The topological polar surface area (TPSA) is 17.1 Å². The molecule has 2 aromatic carbocycles. The summed E-state index contributed by atoms with van der Waals surface area (Å²) in [5.74, 6) is 2.00. The van der Waals surface area contributed by atoms with E-state index in [2.05, 4.69) is 5.79 Å². The van der Waals surface area contributed by atoms with Crippen LogP contribution in [-0.4, -0.2) is 19.9 Å². The third-order valence-corrected chi connectivity index (χ3v) is 4.04. The van der Waals surface area contributed by atoms with E-state index in [1.54, 1.807) is 0 Å². The van der Waals surface area contributed by atoms with E-state index in [9.17, 15) is 4.79 Å². The molecule has 0 amide bonds. The highest BCUT2D eigenvalue weighted by atomic mass is 27.1. The maximum atomic E-state index is 12.2. The van der Waals surface area contributed by atoms with Crippen molar-refractivity contribution in [1.29, 1.82) is 0 Å². The van der Waals surface area contributed by atoms with Gasteiger partial charge in [-0.3, -0.25) is 0 Å². The number of carbonyl (C=O) groups excluding carboxylic acids is 1. The molecule has 17 heavy (non-hydrogen) atoms. The zero-order valence-corrected chi connectivity index (χ0v) is 11.4. The predicted molar refractivity (Wildman–Crippen MR) is 72.7 cm³/mol. The second kappa shape index (κ2) is 5.82. The maximum absolute atomic E-state index is 12.2. The van der Waals surface area contributed by atoms with Crippen molar-refractivity contribution in [3.63, 3.8) is 0 Å². The second-order valence-corrected chi connectivity index (χ2v) is 5.48. The zero-order valence-electron chi connectivity index (χ0n) is 9.97. The predicted octanol–water partition coefficient (Wildman–Crippen LogP) is 2.83. The molecule has 2 aromatic rings. The van der Waals surface area contributed by atoms with Crippen molar-refractivity contribution in [3.8, 4) is 0 Å². The van der Waals surface area contributed by atoms with Gasteiger partial charge in [0.15, 0.2) is 0 Å². The summed E-state index contributed by atoms with van der Waals surface area (Å²) in [6.07, 6.45) is 0. The van der Waals surface area contributed by atoms with Crippen LogP contribution in [-0.2, 0) is 4.79 Å². The molecule has 0 aliphatic heterocycles. The molecule has 0 aliphatic rings. The van der Waals surface area contributed by atoms with Crippen LogP contribution in [0.4, 0.5) is 0 Å². The van der Waals surface area contributed by atoms with E-state index in [0.29, 0.717) is 4.65 Å². The van der Waals surface area contributed by atoms with Crippen LogP contribution < -0.4 is 0 Å². The Kier molecular flexibility index (Phi) is 4.14. The Morgan fingerprint density at radius 3 is 1.65 bits per heavy atom. The SMILES string of the molecule is [CH3][AlH][C](=O)C(c1ccccc1)c1ccccc1. The van der Waals surface area contributed by atoms with E-state index < -0.39 is 15.2 Å². The molecule has 0 radical (unpaired) electrons. The minimum Gasteiger partial charge on any atom is -0.320 e. The maximum Gasteiger partial charge on any atom is 0.341 e. The average molecular weight is 238 g/mol. The van der Waals surface area contributed by atoms with E-state index in [1.165, 1.54) is 0 Å². The minimum atomic E-state index is -0.636. The van der Waals surface area contributed by atoms with Gasteiger partial charge in [-0.2, -0.15) is 0 Å². The highest BCUT2D eigenvalue weighted by molar-refractivity contribution is 6.74. The largest absolute Gasteiger partial charge is 0.341 e. The van der Waals surface area contributed by atoms with Crippen molar-refractivity contribution in [3.05, 3.63) is 71.8 Å². The normalized spacial score (nSPS) is 10.2. The lowest BCUT2D eigenvalue weighted by molar-refractivity contribution is -0.112. The Balaban J connectivity index is 2.43. The summed E-state index contributed by atoms with van der Waals surface area (Å²) in [6.45, 7) is 0. The van der Waals surface area contributed by atoms with Crippen LogP contribution in [0.25, 0.3) is 0 Å². The quantitative estimate of drug-likeness (QED) is 0.748. The van der Waals surface area contributed by atoms with Gasteiger partial charge < -0.3 is 4.79 Å². The highest BCUT2D eigenvalue weighted by Crippen LogP contribution is 2.24. The fraction of sp³-hybridized carbons (Fsp3) is 0.133. The molecule has 0 atom stereocenters. The summed E-state index contributed by atoms with van der Waals surface area (Å²) in [7, 11) is 0. The number of carbonyl (C=O) groups is 1. The molecule has 0 saturated carbocycles. The van der Waals surface area contributed by atoms with Gasteiger partial charge in [-0.1, -0.05) is 60.7 Å². The molecule has 2 rings (SSSR count). The fourth-order valence-corrected chi connectivity index (χ4v) is 2.94. The molecule has 0 spiro atoms. The first-order valence-electron chi connectivity index (χ1n) is 5.95. The molecular formula is C15H15AlO. The summed E-state index contributed by atoms with van der Waals surface area (Å²) in [5.41, 5.74) is 2.22. The van der Waals surface area contributed by atoms with Crippen molar-refractivity contribution < 1.29 is 4.79 Å². The summed E-state index contributed by atoms with van der Waals surface area (Å²) < 4.78 is 0.405. The van der Waals surface area contributed by atoms with E-state index in [4.69, 9.17) is 0 Å². The molecule has 0 unspecified atom stereocenters. The zero-order chi connectivity index (χ0) is 12.1. The Morgan fingerprint density at radius 1 is 0.882 bits per heavy atom. The number of benzene rings is 2. The third kappa shape index (κ3) is 2.85. The van der Waals surface area contributed by atoms with Gasteiger partial charge in [0, 0.05) is 5.92 Å². The molecule has 2 heteroatoms. The Morgan fingerprint density at radius 2 is 1.29 bits per heavy atom. The van der Waals surface area contributed by atoms with E-state index in [1.807, 2.05) is 60.7 Å². The summed E-state index contributed by atoms with van der Waals surface area (Å²) >= 11 is -0.636. The third-order valence-electron chi connectivity index (χ3n) is 2.94. The molecule has 0 saturated heterocycles. The summed E-state index contributed by atoms with van der Waals surface area (Å²) in [6, 6.07) is 20.1. The Labute approximate surface area is 108 Å². The van der Waals surface area contributed by atoms with Gasteiger partial charge in [-0.05, 0) is 11.1 Å². The molecule has 0 aliphatic carbocycles. The standard InChI is InChI=1S/C14H11O.CH3.Al.H/c15-11-14(12-7-3-1-4-8-12)13-9-5-2-6-10-13;;;/h1-10,14H;1H3;;. The lowest BCUT2D eigenvalue weighted by Gasteiger charge is -2.16. The lowest BCUT2D eigenvalue weighted by Crippen LogP contribution is -2.18. The molecule has 84 valence electrons. The van der Waals surface area contributed by atoms with Crippen LogP contribution >= 0.6 is 0 Å². The van der Waals surface area contributed by atoms with Crippen LogP contribution in [0.3, 0.4) is 0 Å². The van der Waals surface area contributed by atoms with Crippen LogP contribution in [0.2, 0.25) is 5.79 Å². The van der Waals surface area contributed by atoms with Crippen LogP contribution in [0.5, 0.6) is 0 Å². The van der Waals surface area contributed by atoms with E-state index in [0.717, 1.165) is 11.1 Å². The molecule has 0 bridgehead atoms. The minimum absolute atomic E-state index is 0.0610. The molecular weight excluding hydrogens is 223 g/mol. The van der Waals surface area contributed by atoms with E-state index in [-0.39, 0.29) is 5.92 Å². The first-order valence-corrected chi connectivity index (χ1v) is 8.07. The number of rotatable bonds is 4. The van der Waals surface area contributed by atoms with Crippen molar-refractivity contribution in [1.82, 2.24) is 0 Å². The lowest BCUT2D eigenvalue weighted by atomic mass is 9.92. The molecule has 0 fully saturated rings. The monoisotopic (exact) mass is 238 g/mol. The smallest absolute Gasteiger partial charge is 0.320 e. The fourth-order valence-electron chi connectivity index (χ4n) is 2.06. The highest BCUT2D eigenvalue weighted by Gasteiger charge is 2.20. The molecule has 0 aromatic heterocycles. The van der Waals surface area contributed by atoms with E-state index >= 15 is 0 Å². The first-order chi connectivity index (χ1) is 8.33. The average Bonchev–Trinajstić information content (AvgIpc) is 2.41. The van der Waals surface area contributed by atoms with Crippen molar-refractivity contribution in [2.75, 3.05) is 0 Å². The van der Waals surface area contributed by atoms with Gasteiger partial charge in [0.05, 0.1) is 4.65 Å². The molecule has 0 N–H and O–H groups in total.